The molecule has 1 aliphatic carbocycles. The van der Waals surface area contributed by atoms with E-state index in [0.717, 1.165) is 35.7 Å². The van der Waals surface area contributed by atoms with Crippen LogP contribution in [0.4, 0.5) is 0 Å². The van der Waals surface area contributed by atoms with Gasteiger partial charge in [-0.3, -0.25) is 9.59 Å². The molecule has 1 aromatic heterocycles. The summed E-state index contributed by atoms with van der Waals surface area (Å²) in [5.41, 5.74) is 3.23. The molecule has 25 heavy (non-hydrogen) atoms. The number of aliphatic carboxylic acids is 1. The Balaban J connectivity index is 1.95. The second kappa shape index (κ2) is 6.63. The summed E-state index contributed by atoms with van der Waals surface area (Å²) in [4.78, 5) is 25.5. The molecule has 0 unspecified atom stereocenters. The maximum atomic E-state index is 12.9. The number of rotatable bonds is 6. The summed E-state index contributed by atoms with van der Waals surface area (Å²) >= 11 is 0. The number of aromatic nitrogens is 1. The quantitative estimate of drug-likeness (QED) is 0.876. The van der Waals surface area contributed by atoms with Crippen molar-refractivity contribution in [3.63, 3.8) is 0 Å². The van der Waals surface area contributed by atoms with E-state index in [4.69, 9.17) is 9.84 Å². The van der Waals surface area contributed by atoms with Gasteiger partial charge in [0.25, 0.3) is 5.91 Å². The molecule has 1 fully saturated rings. The van der Waals surface area contributed by atoms with Crippen LogP contribution in [0.2, 0.25) is 0 Å². The summed E-state index contributed by atoms with van der Waals surface area (Å²) in [7, 11) is 1.62. The van der Waals surface area contributed by atoms with E-state index in [-0.39, 0.29) is 18.5 Å². The minimum absolute atomic E-state index is 0.0487. The van der Waals surface area contributed by atoms with E-state index >= 15 is 0 Å². The van der Waals surface area contributed by atoms with Gasteiger partial charge in [-0.05, 0) is 57.0 Å². The van der Waals surface area contributed by atoms with E-state index in [9.17, 15) is 9.59 Å². The second-order valence-electron chi connectivity index (χ2n) is 6.38. The summed E-state index contributed by atoms with van der Waals surface area (Å²) < 4.78 is 7.18. The largest absolute Gasteiger partial charge is 0.497 e. The Bertz CT molecular complexity index is 804. The molecule has 0 aliphatic heterocycles. The van der Waals surface area contributed by atoms with Crippen LogP contribution in [0.1, 0.15) is 34.6 Å². The van der Waals surface area contributed by atoms with Crippen LogP contribution in [-0.2, 0) is 4.79 Å². The number of hydrogen-bond donors (Lipinski definition) is 1. The van der Waals surface area contributed by atoms with E-state index < -0.39 is 5.97 Å². The summed E-state index contributed by atoms with van der Waals surface area (Å²) in [6.07, 6.45) is 1.74. The van der Waals surface area contributed by atoms with Gasteiger partial charge in [-0.1, -0.05) is 0 Å². The maximum absolute atomic E-state index is 12.9. The first-order valence-electron chi connectivity index (χ1n) is 8.28. The smallest absolute Gasteiger partial charge is 0.323 e. The first-order valence-corrected chi connectivity index (χ1v) is 8.28. The molecule has 1 aromatic carbocycles. The standard InChI is InChI=1S/C19H22N2O4/c1-12-10-17(19(24)20(11-18(22)23)14-4-5-14)13(2)21(12)15-6-8-16(25-3)9-7-15/h6-10,14H,4-5,11H2,1-3H3,(H,22,23). The Morgan fingerprint density at radius 2 is 1.88 bits per heavy atom. The summed E-state index contributed by atoms with van der Waals surface area (Å²) in [6.45, 7) is 3.57. The predicted octanol–water partition coefficient (Wildman–Crippen LogP) is 2.79. The Hall–Kier alpha value is -2.76. The van der Waals surface area contributed by atoms with Crippen molar-refractivity contribution in [2.24, 2.45) is 0 Å². The lowest BCUT2D eigenvalue weighted by atomic mass is 10.2. The van der Waals surface area contributed by atoms with Gasteiger partial charge >= 0.3 is 5.97 Å². The molecular formula is C19H22N2O4. The number of carbonyl (C=O) groups excluding carboxylic acids is 1. The van der Waals surface area contributed by atoms with Crippen molar-refractivity contribution >= 4 is 11.9 Å². The average molecular weight is 342 g/mol. The molecule has 2 aromatic rings. The summed E-state index contributed by atoms with van der Waals surface area (Å²) in [5, 5.41) is 9.10. The summed E-state index contributed by atoms with van der Waals surface area (Å²) in [6, 6.07) is 9.49. The number of nitrogens with zero attached hydrogens (tertiary/aromatic N) is 2. The number of methoxy groups -OCH3 is 1. The van der Waals surface area contributed by atoms with Crippen molar-refractivity contribution < 1.29 is 19.4 Å². The highest BCUT2D eigenvalue weighted by Gasteiger charge is 2.35. The highest BCUT2D eigenvalue weighted by atomic mass is 16.5. The van der Waals surface area contributed by atoms with Crippen molar-refractivity contribution in [3.8, 4) is 11.4 Å². The van der Waals surface area contributed by atoms with Crippen molar-refractivity contribution in [2.45, 2.75) is 32.7 Å². The molecule has 1 amide bonds. The number of carboxylic acids is 1. The van der Waals surface area contributed by atoms with Crippen LogP contribution in [0.15, 0.2) is 30.3 Å². The van der Waals surface area contributed by atoms with Gasteiger partial charge in [0.05, 0.1) is 12.7 Å². The maximum Gasteiger partial charge on any atom is 0.323 e. The van der Waals surface area contributed by atoms with E-state index in [1.165, 1.54) is 4.90 Å². The van der Waals surface area contributed by atoms with Crippen molar-refractivity contribution in [1.29, 1.82) is 0 Å². The van der Waals surface area contributed by atoms with Gasteiger partial charge in [0.1, 0.15) is 12.3 Å². The average Bonchev–Trinajstić information content (AvgIpc) is 3.38. The fourth-order valence-corrected chi connectivity index (χ4v) is 3.16. The van der Waals surface area contributed by atoms with Crippen LogP contribution in [0, 0.1) is 13.8 Å². The number of ether oxygens (including phenoxy) is 1. The fraction of sp³-hybridized carbons (Fsp3) is 0.368. The molecule has 1 N–H and O–H groups in total. The highest BCUT2D eigenvalue weighted by Crippen LogP contribution is 2.30. The third-order valence-corrected chi connectivity index (χ3v) is 4.55. The molecule has 0 spiro atoms. The van der Waals surface area contributed by atoms with Crippen LogP contribution in [-0.4, -0.2) is 46.1 Å². The molecule has 1 saturated carbocycles. The predicted molar refractivity (Wildman–Crippen MR) is 93.5 cm³/mol. The first-order chi connectivity index (χ1) is 11.9. The van der Waals surface area contributed by atoms with Gasteiger partial charge in [0.2, 0.25) is 0 Å². The van der Waals surface area contributed by atoms with E-state index in [2.05, 4.69) is 0 Å². The molecule has 6 heteroatoms. The number of carboxylic acid groups (broad SMARTS) is 1. The Labute approximate surface area is 146 Å². The molecule has 1 aliphatic rings. The highest BCUT2D eigenvalue weighted by molar-refractivity contribution is 5.97. The molecule has 0 radical (unpaired) electrons. The van der Waals surface area contributed by atoms with Crippen LogP contribution in [0.25, 0.3) is 5.69 Å². The molecular weight excluding hydrogens is 320 g/mol. The SMILES string of the molecule is COc1ccc(-n2c(C)cc(C(=O)N(CC(=O)O)C3CC3)c2C)cc1. The number of benzene rings is 1. The van der Waals surface area contributed by atoms with Crippen molar-refractivity contribution in [3.05, 3.63) is 47.3 Å². The molecule has 3 rings (SSSR count). The van der Waals surface area contributed by atoms with Gasteiger partial charge in [-0.2, -0.15) is 0 Å². The molecule has 6 nitrogen and oxygen atoms in total. The van der Waals surface area contributed by atoms with Gasteiger partial charge in [-0.25, -0.2) is 0 Å². The molecule has 0 bridgehead atoms. The lowest BCUT2D eigenvalue weighted by molar-refractivity contribution is -0.137. The van der Waals surface area contributed by atoms with Gasteiger partial charge < -0.3 is 19.3 Å². The zero-order valence-corrected chi connectivity index (χ0v) is 14.7. The van der Waals surface area contributed by atoms with Crippen LogP contribution in [0.5, 0.6) is 5.75 Å². The zero-order valence-electron chi connectivity index (χ0n) is 14.7. The lowest BCUT2D eigenvalue weighted by Crippen LogP contribution is -2.37. The number of amides is 1. The number of carbonyl (C=O) groups is 2. The summed E-state index contributed by atoms with van der Waals surface area (Å²) in [5.74, 6) is -0.425. The lowest BCUT2D eigenvalue weighted by Gasteiger charge is -2.20. The Morgan fingerprint density at radius 3 is 2.40 bits per heavy atom. The van der Waals surface area contributed by atoms with Gasteiger partial charge in [0.15, 0.2) is 0 Å². The minimum atomic E-state index is -0.982. The Kier molecular flexibility index (Phi) is 4.53. The van der Waals surface area contributed by atoms with E-state index in [0.29, 0.717) is 5.56 Å². The molecule has 132 valence electrons. The topological polar surface area (TPSA) is 71.8 Å². The normalized spacial score (nSPS) is 13.6. The van der Waals surface area contributed by atoms with E-state index in [1.807, 2.05) is 48.7 Å². The van der Waals surface area contributed by atoms with Gasteiger partial charge in [0, 0.05) is 23.1 Å². The first kappa shape index (κ1) is 17.1. The molecule has 0 atom stereocenters. The third kappa shape index (κ3) is 3.38. The zero-order chi connectivity index (χ0) is 18.1. The van der Waals surface area contributed by atoms with Crippen LogP contribution >= 0.6 is 0 Å². The fourth-order valence-electron chi connectivity index (χ4n) is 3.16. The molecule has 0 saturated heterocycles. The second-order valence-corrected chi connectivity index (χ2v) is 6.38. The molecule has 1 heterocycles. The van der Waals surface area contributed by atoms with Crippen LogP contribution in [0.3, 0.4) is 0 Å². The Morgan fingerprint density at radius 1 is 1.24 bits per heavy atom. The third-order valence-electron chi connectivity index (χ3n) is 4.55. The van der Waals surface area contributed by atoms with Crippen LogP contribution < -0.4 is 4.74 Å². The van der Waals surface area contributed by atoms with E-state index in [1.54, 1.807) is 7.11 Å². The number of hydrogen-bond acceptors (Lipinski definition) is 3. The van der Waals surface area contributed by atoms with Crippen molar-refractivity contribution in [2.75, 3.05) is 13.7 Å². The van der Waals surface area contributed by atoms with Gasteiger partial charge in [-0.15, -0.1) is 0 Å². The number of aryl methyl sites for hydroxylation is 1. The minimum Gasteiger partial charge on any atom is -0.497 e. The van der Waals surface area contributed by atoms with Crippen molar-refractivity contribution in [1.82, 2.24) is 9.47 Å². The monoisotopic (exact) mass is 342 g/mol.